The van der Waals surface area contributed by atoms with Gasteiger partial charge >= 0.3 is 5.97 Å². The van der Waals surface area contributed by atoms with Crippen LogP contribution in [0.2, 0.25) is 5.02 Å². The lowest BCUT2D eigenvalue weighted by atomic mass is 10.1. The van der Waals surface area contributed by atoms with Crippen LogP contribution >= 0.6 is 27.5 Å². The first kappa shape index (κ1) is 22.3. The molecule has 0 unspecified atom stereocenters. The summed E-state index contributed by atoms with van der Waals surface area (Å²) in [5.41, 5.74) is 2.36. The molecule has 0 aliphatic carbocycles. The molecule has 0 bridgehead atoms. The molecule has 0 radical (unpaired) electrons. The molecule has 8 heteroatoms. The van der Waals surface area contributed by atoms with Crippen molar-refractivity contribution in [2.75, 3.05) is 18.5 Å². The molecule has 158 valence electrons. The lowest BCUT2D eigenvalue weighted by molar-refractivity contribution is -0.151. The molecule has 1 aliphatic rings. The zero-order valence-corrected chi connectivity index (χ0v) is 19.0. The summed E-state index contributed by atoms with van der Waals surface area (Å²) in [6.07, 6.45) is 0.0824. The van der Waals surface area contributed by atoms with E-state index in [1.807, 2.05) is 44.2 Å². The summed E-state index contributed by atoms with van der Waals surface area (Å²) in [5, 5.41) is 3.15. The van der Waals surface area contributed by atoms with Gasteiger partial charge in [-0.2, -0.15) is 0 Å². The molecule has 6 nitrogen and oxygen atoms in total. The number of carbonyl (C=O) groups is 3. The summed E-state index contributed by atoms with van der Waals surface area (Å²) >= 11 is 9.38. The van der Waals surface area contributed by atoms with Crippen LogP contribution < -0.4 is 5.32 Å². The lowest BCUT2D eigenvalue weighted by Crippen LogP contribution is -2.30. The number of hydrogen-bond donors (Lipinski definition) is 1. The highest BCUT2D eigenvalue weighted by Gasteiger charge is 2.38. The molecule has 1 aliphatic heterocycles. The highest BCUT2D eigenvalue weighted by Crippen LogP contribution is 2.30. The van der Waals surface area contributed by atoms with Crippen LogP contribution in [0.4, 0.5) is 5.69 Å². The largest absolute Gasteiger partial charge is 0.455 e. The molecule has 1 heterocycles. The molecule has 0 saturated carbocycles. The van der Waals surface area contributed by atoms with Gasteiger partial charge in [0.05, 0.1) is 17.0 Å². The van der Waals surface area contributed by atoms with E-state index < -0.39 is 24.4 Å². The van der Waals surface area contributed by atoms with Crippen LogP contribution in [0.5, 0.6) is 0 Å². The summed E-state index contributed by atoms with van der Waals surface area (Å²) in [6.45, 7) is 3.61. The fourth-order valence-electron chi connectivity index (χ4n) is 3.40. The number of anilines is 1. The zero-order chi connectivity index (χ0) is 21.8. The molecule has 0 spiro atoms. The van der Waals surface area contributed by atoms with Gasteiger partial charge in [-0.25, -0.2) is 0 Å². The number of ether oxygens (including phenoxy) is 1. The van der Waals surface area contributed by atoms with Crippen molar-refractivity contribution in [3.63, 3.8) is 0 Å². The number of aryl methyl sites for hydroxylation is 1. The molecular weight excluding hydrogens is 472 g/mol. The van der Waals surface area contributed by atoms with Gasteiger partial charge in [-0.3, -0.25) is 14.4 Å². The molecule has 2 amide bonds. The van der Waals surface area contributed by atoms with Gasteiger partial charge < -0.3 is 15.0 Å². The first-order valence-corrected chi connectivity index (χ1v) is 10.7. The van der Waals surface area contributed by atoms with Crippen molar-refractivity contribution in [3.05, 3.63) is 63.1 Å². The quantitative estimate of drug-likeness (QED) is 0.601. The first-order valence-electron chi connectivity index (χ1n) is 9.52. The van der Waals surface area contributed by atoms with Crippen molar-refractivity contribution in [1.29, 1.82) is 0 Å². The van der Waals surface area contributed by atoms with Gasteiger partial charge in [-0.15, -0.1) is 0 Å². The van der Waals surface area contributed by atoms with Crippen LogP contribution in [0.3, 0.4) is 0 Å². The fourth-order valence-corrected chi connectivity index (χ4v) is 4.02. The highest BCUT2D eigenvalue weighted by atomic mass is 79.9. The number of amides is 2. The topological polar surface area (TPSA) is 75.7 Å². The Bertz CT molecular complexity index is 967. The summed E-state index contributed by atoms with van der Waals surface area (Å²) < 4.78 is 5.89. The molecule has 2 aromatic carbocycles. The van der Waals surface area contributed by atoms with Crippen molar-refractivity contribution < 1.29 is 19.1 Å². The Morgan fingerprint density at radius 2 is 2.00 bits per heavy atom. The van der Waals surface area contributed by atoms with Crippen LogP contribution in [-0.4, -0.2) is 35.8 Å². The standard InChI is InChI=1S/C22H22BrClN2O4/c1-13-8-17(23)18(24)10-19(13)25-20(27)12-30-22(29)16-9-21(28)26(11-16)14(2)15-6-4-3-5-7-15/h3-8,10,14,16H,9,11-12H2,1-2H3,(H,25,27)/t14-,16+/m1/s1. The van der Waals surface area contributed by atoms with Crippen LogP contribution in [0.1, 0.15) is 30.5 Å². The molecule has 1 N–H and O–H groups in total. The van der Waals surface area contributed by atoms with E-state index in [4.69, 9.17) is 16.3 Å². The van der Waals surface area contributed by atoms with E-state index in [2.05, 4.69) is 21.2 Å². The average Bonchev–Trinajstić information content (AvgIpc) is 3.12. The van der Waals surface area contributed by atoms with Gasteiger partial charge in [-0.1, -0.05) is 41.9 Å². The van der Waals surface area contributed by atoms with Gasteiger partial charge in [0.2, 0.25) is 5.91 Å². The molecule has 1 fully saturated rings. The van der Waals surface area contributed by atoms with Gasteiger partial charge in [0.15, 0.2) is 6.61 Å². The third kappa shape index (κ3) is 5.21. The number of rotatable bonds is 6. The Hall–Kier alpha value is -2.38. The highest BCUT2D eigenvalue weighted by molar-refractivity contribution is 9.10. The summed E-state index contributed by atoms with van der Waals surface area (Å²) in [7, 11) is 0. The van der Waals surface area contributed by atoms with Crippen molar-refractivity contribution in [2.24, 2.45) is 5.92 Å². The van der Waals surface area contributed by atoms with Gasteiger partial charge in [0.1, 0.15) is 0 Å². The van der Waals surface area contributed by atoms with E-state index in [9.17, 15) is 14.4 Å². The van der Waals surface area contributed by atoms with Crippen LogP contribution in [0.25, 0.3) is 0 Å². The van der Waals surface area contributed by atoms with E-state index in [1.165, 1.54) is 0 Å². The molecule has 0 aromatic heterocycles. The Labute approximate surface area is 188 Å². The monoisotopic (exact) mass is 492 g/mol. The zero-order valence-electron chi connectivity index (χ0n) is 16.7. The van der Waals surface area contributed by atoms with E-state index in [-0.39, 0.29) is 24.9 Å². The number of carbonyl (C=O) groups excluding carboxylic acids is 3. The van der Waals surface area contributed by atoms with E-state index in [0.717, 1.165) is 15.6 Å². The number of halogens is 2. The minimum atomic E-state index is -0.583. The maximum Gasteiger partial charge on any atom is 0.311 e. The van der Waals surface area contributed by atoms with E-state index in [0.29, 0.717) is 10.7 Å². The molecule has 30 heavy (non-hydrogen) atoms. The average molecular weight is 494 g/mol. The SMILES string of the molecule is Cc1cc(Br)c(Cl)cc1NC(=O)COC(=O)[C@H]1CC(=O)N([C@H](C)c2ccccc2)C1. The number of nitrogens with zero attached hydrogens (tertiary/aromatic N) is 1. The molecule has 2 aromatic rings. The van der Waals surface area contributed by atoms with Gasteiger partial charge in [0, 0.05) is 23.1 Å². The second kappa shape index (κ2) is 9.62. The minimum Gasteiger partial charge on any atom is -0.455 e. The van der Waals surface area contributed by atoms with Gasteiger partial charge in [-0.05, 0) is 53.0 Å². The smallest absolute Gasteiger partial charge is 0.311 e. The number of nitrogens with one attached hydrogen (secondary N) is 1. The van der Waals surface area contributed by atoms with Crippen LogP contribution in [0.15, 0.2) is 46.9 Å². The minimum absolute atomic E-state index is 0.0824. The van der Waals surface area contributed by atoms with Crippen LogP contribution in [0, 0.1) is 12.8 Å². The summed E-state index contributed by atoms with van der Waals surface area (Å²) in [5.74, 6) is -1.70. The lowest BCUT2D eigenvalue weighted by Gasteiger charge is -2.25. The first-order chi connectivity index (χ1) is 14.3. The van der Waals surface area contributed by atoms with E-state index >= 15 is 0 Å². The third-order valence-corrected chi connectivity index (χ3v) is 6.33. The Balaban J connectivity index is 1.53. The second-order valence-corrected chi connectivity index (χ2v) is 8.53. The van der Waals surface area contributed by atoms with Crippen molar-refractivity contribution in [3.8, 4) is 0 Å². The molecule has 3 rings (SSSR count). The maximum absolute atomic E-state index is 12.4. The predicted octanol–water partition coefficient (Wildman–Crippen LogP) is 4.50. The number of likely N-dealkylation sites (tertiary alicyclic amines) is 1. The van der Waals surface area contributed by atoms with E-state index in [1.54, 1.807) is 17.0 Å². The van der Waals surface area contributed by atoms with Crippen LogP contribution in [-0.2, 0) is 19.1 Å². The van der Waals surface area contributed by atoms with Gasteiger partial charge in [0.25, 0.3) is 5.91 Å². The van der Waals surface area contributed by atoms with Crippen molar-refractivity contribution >= 4 is 51.0 Å². The maximum atomic E-state index is 12.4. The third-order valence-electron chi connectivity index (χ3n) is 5.13. The number of hydrogen-bond acceptors (Lipinski definition) is 4. The summed E-state index contributed by atoms with van der Waals surface area (Å²) in [4.78, 5) is 38.7. The summed E-state index contributed by atoms with van der Waals surface area (Å²) in [6, 6.07) is 12.9. The molecular formula is C22H22BrClN2O4. The molecule has 2 atom stereocenters. The molecule has 1 saturated heterocycles. The normalized spacial score (nSPS) is 17.0. The fraction of sp³-hybridized carbons (Fsp3) is 0.318. The number of benzene rings is 2. The van der Waals surface area contributed by atoms with Crippen molar-refractivity contribution in [2.45, 2.75) is 26.3 Å². The Kier molecular flexibility index (Phi) is 7.15. The predicted molar refractivity (Wildman–Crippen MR) is 118 cm³/mol. The number of esters is 1. The second-order valence-electron chi connectivity index (χ2n) is 7.27. The van der Waals surface area contributed by atoms with Crippen molar-refractivity contribution in [1.82, 2.24) is 4.90 Å². The Morgan fingerprint density at radius 3 is 2.70 bits per heavy atom. The Morgan fingerprint density at radius 1 is 1.30 bits per heavy atom.